The number of anilines is 2. The van der Waals surface area contributed by atoms with Crippen molar-refractivity contribution in [3.63, 3.8) is 0 Å². The molecule has 5 nitrogen and oxygen atoms in total. The average Bonchev–Trinajstić information content (AvgIpc) is 2.33. The summed E-state index contributed by atoms with van der Waals surface area (Å²) in [6, 6.07) is 3.47. The Bertz CT molecular complexity index is 364. The molecule has 94 valence electrons. The Kier molecular flexibility index (Phi) is 4.03. The van der Waals surface area contributed by atoms with Gasteiger partial charge in [0.15, 0.2) is 11.6 Å². The van der Waals surface area contributed by atoms with Gasteiger partial charge < -0.3 is 16.2 Å². The van der Waals surface area contributed by atoms with Crippen LogP contribution in [0, 0.1) is 0 Å². The first-order chi connectivity index (χ1) is 8.25. The zero-order chi connectivity index (χ0) is 12.1. The van der Waals surface area contributed by atoms with Gasteiger partial charge in [-0.2, -0.15) is 0 Å². The van der Waals surface area contributed by atoms with Crippen molar-refractivity contribution < 1.29 is 4.74 Å². The molecule has 0 radical (unpaired) electrons. The molecule has 0 aliphatic carbocycles. The number of hydrogen-bond donors (Lipinski definition) is 2. The van der Waals surface area contributed by atoms with Crippen LogP contribution >= 0.6 is 0 Å². The molecule has 1 saturated heterocycles. The van der Waals surface area contributed by atoms with E-state index in [4.69, 9.17) is 16.2 Å². The van der Waals surface area contributed by atoms with Gasteiger partial charge in [0.25, 0.3) is 0 Å². The summed E-state index contributed by atoms with van der Waals surface area (Å²) in [7, 11) is 0. The molecule has 1 aliphatic heterocycles. The van der Waals surface area contributed by atoms with Crippen LogP contribution in [-0.4, -0.2) is 36.1 Å². The number of nitrogen functional groups attached to an aromatic ring is 2. The maximum absolute atomic E-state index is 5.71. The summed E-state index contributed by atoms with van der Waals surface area (Å²) in [6.07, 6.45) is 3.95. The summed E-state index contributed by atoms with van der Waals surface area (Å²) in [5.74, 6) is 1.41. The first-order valence-corrected chi connectivity index (χ1v) is 6.13. The highest BCUT2D eigenvalue weighted by Gasteiger charge is 2.10. The first-order valence-electron chi connectivity index (χ1n) is 6.13. The Morgan fingerprint density at radius 2 is 1.94 bits per heavy atom. The van der Waals surface area contributed by atoms with Gasteiger partial charge in [0.05, 0.1) is 0 Å². The maximum Gasteiger partial charge on any atom is 0.168 e. The standard InChI is InChI=1S/C12H20N4O/c13-11-5-4-10(12(14)15-11)17-9-8-16-6-2-1-3-7-16/h4-5H,1-3,6-9H2,(H4,13,14,15). The number of pyridine rings is 1. The Labute approximate surface area is 102 Å². The Morgan fingerprint density at radius 1 is 1.18 bits per heavy atom. The molecule has 5 heteroatoms. The molecule has 1 aromatic rings. The van der Waals surface area contributed by atoms with Crippen molar-refractivity contribution >= 4 is 11.6 Å². The fourth-order valence-corrected chi connectivity index (χ4v) is 2.07. The van der Waals surface area contributed by atoms with Crippen molar-refractivity contribution in [3.8, 4) is 5.75 Å². The minimum atomic E-state index is 0.364. The highest BCUT2D eigenvalue weighted by atomic mass is 16.5. The number of aromatic nitrogens is 1. The van der Waals surface area contributed by atoms with Crippen molar-refractivity contribution in [1.29, 1.82) is 0 Å². The Balaban J connectivity index is 1.77. The SMILES string of the molecule is Nc1ccc(OCCN2CCCCC2)c(N)n1. The van der Waals surface area contributed by atoms with E-state index in [0.29, 0.717) is 24.0 Å². The molecule has 0 unspecified atom stereocenters. The molecule has 1 aliphatic rings. The van der Waals surface area contributed by atoms with Crippen LogP contribution in [0.3, 0.4) is 0 Å². The van der Waals surface area contributed by atoms with Gasteiger partial charge in [-0.05, 0) is 38.1 Å². The van der Waals surface area contributed by atoms with Crippen LogP contribution in [0.5, 0.6) is 5.75 Å². The molecule has 0 amide bonds. The Morgan fingerprint density at radius 3 is 2.65 bits per heavy atom. The number of likely N-dealkylation sites (tertiary alicyclic amines) is 1. The van der Waals surface area contributed by atoms with Crippen LogP contribution in [0.2, 0.25) is 0 Å². The normalized spacial score (nSPS) is 16.9. The zero-order valence-corrected chi connectivity index (χ0v) is 10.1. The minimum absolute atomic E-state index is 0.364. The molecule has 17 heavy (non-hydrogen) atoms. The Hall–Kier alpha value is -1.49. The number of rotatable bonds is 4. The lowest BCUT2D eigenvalue weighted by atomic mass is 10.1. The van der Waals surface area contributed by atoms with Crippen LogP contribution in [0.25, 0.3) is 0 Å². The largest absolute Gasteiger partial charge is 0.488 e. The second-order valence-electron chi connectivity index (χ2n) is 4.37. The van der Waals surface area contributed by atoms with Crippen molar-refractivity contribution in [2.45, 2.75) is 19.3 Å². The molecule has 2 rings (SSSR count). The molecule has 0 bridgehead atoms. The van der Waals surface area contributed by atoms with Crippen LogP contribution < -0.4 is 16.2 Å². The van der Waals surface area contributed by atoms with Crippen LogP contribution in [0.4, 0.5) is 11.6 Å². The van der Waals surface area contributed by atoms with E-state index < -0.39 is 0 Å². The van der Waals surface area contributed by atoms with Gasteiger partial charge in [0, 0.05) is 6.54 Å². The highest BCUT2D eigenvalue weighted by Crippen LogP contribution is 2.19. The molecule has 1 fully saturated rings. The lowest BCUT2D eigenvalue weighted by molar-refractivity contribution is 0.183. The lowest BCUT2D eigenvalue weighted by Gasteiger charge is -2.26. The second-order valence-corrected chi connectivity index (χ2v) is 4.37. The van der Waals surface area contributed by atoms with E-state index in [9.17, 15) is 0 Å². The van der Waals surface area contributed by atoms with Gasteiger partial charge in [-0.15, -0.1) is 0 Å². The smallest absolute Gasteiger partial charge is 0.168 e. The van der Waals surface area contributed by atoms with Gasteiger partial charge in [-0.1, -0.05) is 6.42 Å². The summed E-state index contributed by atoms with van der Waals surface area (Å²) in [5, 5.41) is 0. The second kappa shape index (κ2) is 5.72. The first kappa shape index (κ1) is 12.0. The van der Waals surface area contributed by atoms with E-state index in [1.54, 1.807) is 12.1 Å². The van der Waals surface area contributed by atoms with Crippen molar-refractivity contribution in [2.75, 3.05) is 37.7 Å². The maximum atomic E-state index is 5.71. The van der Waals surface area contributed by atoms with E-state index in [-0.39, 0.29) is 0 Å². The van der Waals surface area contributed by atoms with Gasteiger partial charge >= 0.3 is 0 Å². The monoisotopic (exact) mass is 236 g/mol. The third-order valence-corrected chi connectivity index (χ3v) is 3.02. The van der Waals surface area contributed by atoms with Gasteiger partial charge in [0.2, 0.25) is 0 Å². The molecule has 0 spiro atoms. The molecule has 0 aromatic carbocycles. The quantitative estimate of drug-likeness (QED) is 0.819. The van der Waals surface area contributed by atoms with E-state index in [1.807, 2.05) is 0 Å². The fourth-order valence-electron chi connectivity index (χ4n) is 2.07. The predicted molar refractivity (Wildman–Crippen MR) is 68.8 cm³/mol. The summed E-state index contributed by atoms with van der Waals surface area (Å²) in [6.45, 7) is 3.96. The van der Waals surface area contributed by atoms with Crippen LogP contribution in [0.1, 0.15) is 19.3 Å². The average molecular weight is 236 g/mol. The zero-order valence-electron chi connectivity index (χ0n) is 10.1. The predicted octanol–water partition coefficient (Wildman–Crippen LogP) is 1.11. The van der Waals surface area contributed by atoms with Crippen molar-refractivity contribution in [3.05, 3.63) is 12.1 Å². The number of nitrogens with two attached hydrogens (primary N) is 2. The van der Waals surface area contributed by atoms with E-state index in [1.165, 1.54) is 32.4 Å². The number of ether oxygens (including phenoxy) is 1. The van der Waals surface area contributed by atoms with E-state index in [0.717, 1.165) is 6.54 Å². The minimum Gasteiger partial charge on any atom is -0.488 e. The molecular weight excluding hydrogens is 216 g/mol. The number of nitrogens with zero attached hydrogens (tertiary/aromatic N) is 2. The van der Waals surface area contributed by atoms with Crippen LogP contribution in [0.15, 0.2) is 12.1 Å². The van der Waals surface area contributed by atoms with E-state index in [2.05, 4.69) is 9.88 Å². The van der Waals surface area contributed by atoms with Gasteiger partial charge in [0.1, 0.15) is 12.4 Å². The molecule has 2 heterocycles. The summed E-state index contributed by atoms with van der Waals surface area (Å²) >= 11 is 0. The van der Waals surface area contributed by atoms with Crippen molar-refractivity contribution in [2.24, 2.45) is 0 Å². The van der Waals surface area contributed by atoms with Gasteiger partial charge in [-0.3, -0.25) is 4.90 Å². The third kappa shape index (κ3) is 3.49. The summed E-state index contributed by atoms with van der Waals surface area (Å²) in [5.41, 5.74) is 11.2. The molecular formula is C12H20N4O. The topological polar surface area (TPSA) is 77.4 Å². The number of piperidine rings is 1. The summed E-state index contributed by atoms with van der Waals surface area (Å²) in [4.78, 5) is 6.38. The highest BCUT2D eigenvalue weighted by molar-refractivity contribution is 5.50. The van der Waals surface area contributed by atoms with Crippen molar-refractivity contribution in [1.82, 2.24) is 9.88 Å². The molecule has 1 aromatic heterocycles. The van der Waals surface area contributed by atoms with E-state index >= 15 is 0 Å². The van der Waals surface area contributed by atoms with Gasteiger partial charge in [-0.25, -0.2) is 4.98 Å². The lowest BCUT2D eigenvalue weighted by Crippen LogP contribution is -2.33. The fraction of sp³-hybridized carbons (Fsp3) is 0.583. The molecule has 0 saturated carbocycles. The number of hydrogen-bond acceptors (Lipinski definition) is 5. The third-order valence-electron chi connectivity index (χ3n) is 3.02. The summed E-state index contributed by atoms with van der Waals surface area (Å²) < 4.78 is 5.61. The molecule has 4 N–H and O–H groups in total. The molecule has 0 atom stereocenters. The van der Waals surface area contributed by atoms with Crippen LogP contribution in [-0.2, 0) is 0 Å².